The van der Waals surface area contributed by atoms with Crippen LogP contribution in [0.15, 0.2) is 24.7 Å². The number of hydrogen-bond acceptors (Lipinski definition) is 6. The van der Waals surface area contributed by atoms with Crippen molar-refractivity contribution in [3.63, 3.8) is 0 Å². The van der Waals surface area contributed by atoms with Crippen LogP contribution in [0.5, 0.6) is 0 Å². The zero-order valence-corrected chi connectivity index (χ0v) is 14.0. The first kappa shape index (κ1) is 15.6. The van der Waals surface area contributed by atoms with E-state index in [1.54, 1.807) is 17.1 Å². The van der Waals surface area contributed by atoms with Gasteiger partial charge < -0.3 is 10.2 Å². The van der Waals surface area contributed by atoms with Gasteiger partial charge >= 0.3 is 0 Å². The third-order valence-corrected chi connectivity index (χ3v) is 4.44. The molecule has 1 aliphatic carbocycles. The number of carbonyl (C=O) groups is 1. The second-order valence-corrected chi connectivity index (χ2v) is 6.44. The van der Waals surface area contributed by atoms with E-state index < -0.39 is 0 Å². The SMILES string of the molecule is Cc1nccc(N2C[C@@H](NC(=O)C#CC3CC3)[C@@H](n3ccnn3)C2)n1. The highest BCUT2D eigenvalue weighted by Crippen LogP contribution is 2.27. The van der Waals surface area contributed by atoms with E-state index in [4.69, 9.17) is 0 Å². The van der Waals surface area contributed by atoms with Crippen LogP contribution in [0.3, 0.4) is 0 Å². The Morgan fingerprint density at radius 2 is 2.20 bits per heavy atom. The van der Waals surface area contributed by atoms with Gasteiger partial charge in [0, 0.05) is 31.4 Å². The van der Waals surface area contributed by atoms with Crippen molar-refractivity contribution in [2.75, 3.05) is 18.0 Å². The molecule has 128 valence electrons. The van der Waals surface area contributed by atoms with Crippen molar-refractivity contribution in [2.24, 2.45) is 5.92 Å². The lowest BCUT2D eigenvalue weighted by Gasteiger charge is -2.17. The van der Waals surface area contributed by atoms with Crippen LogP contribution in [-0.2, 0) is 4.79 Å². The fraction of sp³-hybridized carbons (Fsp3) is 0.471. The summed E-state index contributed by atoms with van der Waals surface area (Å²) in [4.78, 5) is 22.9. The van der Waals surface area contributed by atoms with Gasteiger partial charge in [0.05, 0.1) is 18.3 Å². The van der Waals surface area contributed by atoms with Gasteiger partial charge in [-0.15, -0.1) is 5.10 Å². The van der Waals surface area contributed by atoms with Crippen LogP contribution < -0.4 is 10.2 Å². The van der Waals surface area contributed by atoms with Crippen molar-refractivity contribution in [2.45, 2.75) is 31.8 Å². The Bertz CT molecular complexity index is 819. The van der Waals surface area contributed by atoms with Gasteiger partial charge in [-0.1, -0.05) is 11.1 Å². The zero-order valence-electron chi connectivity index (χ0n) is 14.0. The molecule has 1 saturated heterocycles. The van der Waals surface area contributed by atoms with Crippen molar-refractivity contribution >= 4 is 11.7 Å². The molecule has 0 radical (unpaired) electrons. The van der Waals surface area contributed by atoms with Crippen LogP contribution >= 0.6 is 0 Å². The fourth-order valence-corrected chi connectivity index (χ4v) is 3.00. The highest BCUT2D eigenvalue weighted by molar-refractivity contribution is 5.93. The molecule has 1 aliphatic heterocycles. The average molecular weight is 337 g/mol. The summed E-state index contributed by atoms with van der Waals surface area (Å²) in [6.07, 6.45) is 7.41. The lowest BCUT2D eigenvalue weighted by atomic mass is 10.2. The Labute approximate surface area is 145 Å². The molecule has 25 heavy (non-hydrogen) atoms. The summed E-state index contributed by atoms with van der Waals surface area (Å²) in [6.45, 7) is 3.18. The molecular weight excluding hydrogens is 318 g/mol. The molecule has 0 spiro atoms. The number of amides is 1. The first-order chi connectivity index (χ1) is 12.2. The largest absolute Gasteiger partial charge is 0.352 e. The molecule has 2 atom stereocenters. The molecule has 1 saturated carbocycles. The second-order valence-electron chi connectivity index (χ2n) is 6.44. The highest BCUT2D eigenvalue weighted by Gasteiger charge is 2.36. The van der Waals surface area contributed by atoms with E-state index in [0.717, 1.165) is 24.5 Å². The zero-order chi connectivity index (χ0) is 17.2. The van der Waals surface area contributed by atoms with Gasteiger partial charge in [-0.25, -0.2) is 14.6 Å². The van der Waals surface area contributed by atoms with Crippen LogP contribution in [0.4, 0.5) is 5.82 Å². The van der Waals surface area contributed by atoms with Gasteiger partial charge in [-0.05, 0) is 31.8 Å². The lowest BCUT2D eigenvalue weighted by molar-refractivity contribution is -0.116. The molecule has 2 aromatic heterocycles. The number of hydrogen-bond donors (Lipinski definition) is 1. The number of anilines is 1. The molecule has 2 aromatic rings. The fourth-order valence-electron chi connectivity index (χ4n) is 3.00. The predicted molar refractivity (Wildman–Crippen MR) is 90.5 cm³/mol. The number of carbonyl (C=O) groups excluding carboxylic acids is 1. The van der Waals surface area contributed by atoms with E-state index in [9.17, 15) is 4.79 Å². The van der Waals surface area contributed by atoms with Crippen LogP contribution in [0.2, 0.25) is 0 Å². The van der Waals surface area contributed by atoms with Crippen LogP contribution in [0.25, 0.3) is 0 Å². The molecule has 8 heteroatoms. The van der Waals surface area contributed by atoms with E-state index in [2.05, 4.69) is 42.3 Å². The quantitative estimate of drug-likeness (QED) is 0.812. The van der Waals surface area contributed by atoms with Gasteiger partial charge in [0.25, 0.3) is 5.91 Å². The van der Waals surface area contributed by atoms with E-state index in [0.29, 0.717) is 19.0 Å². The summed E-state index contributed by atoms with van der Waals surface area (Å²) in [7, 11) is 0. The summed E-state index contributed by atoms with van der Waals surface area (Å²) in [5.74, 6) is 7.45. The number of nitrogens with one attached hydrogen (secondary N) is 1. The smallest absolute Gasteiger partial charge is 0.296 e. The minimum atomic E-state index is -0.234. The highest BCUT2D eigenvalue weighted by atomic mass is 16.1. The number of aromatic nitrogens is 5. The monoisotopic (exact) mass is 337 g/mol. The van der Waals surface area contributed by atoms with Gasteiger partial charge in [0.1, 0.15) is 11.6 Å². The topological polar surface area (TPSA) is 88.8 Å². The molecule has 3 heterocycles. The molecule has 1 amide bonds. The Hall–Kier alpha value is -2.95. The first-order valence-electron chi connectivity index (χ1n) is 8.41. The lowest BCUT2D eigenvalue weighted by Crippen LogP contribution is -2.41. The maximum Gasteiger partial charge on any atom is 0.296 e. The van der Waals surface area contributed by atoms with E-state index in [-0.39, 0.29) is 18.0 Å². The van der Waals surface area contributed by atoms with Crippen molar-refractivity contribution in [3.05, 3.63) is 30.5 Å². The summed E-state index contributed by atoms with van der Waals surface area (Å²) in [6, 6.07) is 1.74. The van der Waals surface area contributed by atoms with Gasteiger partial charge in [-0.2, -0.15) is 0 Å². The molecule has 8 nitrogen and oxygen atoms in total. The average Bonchev–Trinajstić information content (AvgIpc) is 3.09. The maximum absolute atomic E-state index is 12.2. The Morgan fingerprint density at radius 1 is 1.32 bits per heavy atom. The van der Waals surface area contributed by atoms with Crippen molar-refractivity contribution in [3.8, 4) is 11.8 Å². The number of nitrogens with zero attached hydrogens (tertiary/aromatic N) is 6. The molecule has 0 unspecified atom stereocenters. The Balaban J connectivity index is 1.52. The molecule has 0 bridgehead atoms. The molecular formula is C17H19N7O. The third kappa shape index (κ3) is 3.60. The second kappa shape index (κ2) is 6.51. The minimum Gasteiger partial charge on any atom is -0.352 e. The third-order valence-electron chi connectivity index (χ3n) is 4.44. The van der Waals surface area contributed by atoms with Crippen molar-refractivity contribution in [1.29, 1.82) is 0 Å². The van der Waals surface area contributed by atoms with E-state index in [1.165, 1.54) is 0 Å². The Morgan fingerprint density at radius 3 is 2.92 bits per heavy atom. The van der Waals surface area contributed by atoms with E-state index >= 15 is 0 Å². The Kier molecular flexibility index (Phi) is 4.06. The van der Waals surface area contributed by atoms with E-state index in [1.807, 2.05) is 19.2 Å². The summed E-state index contributed by atoms with van der Waals surface area (Å²) in [5.41, 5.74) is 0. The standard InChI is InChI=1S/C17H19N7O/c1-12-18-7-6-16(20-12)23-10-14(15(11-23)24-9-8-19-22-24)21-17(25)5-4-13-2-3-13/h6-9,13-15H,2-3,10-11H2,1H3,(H,21,25)/t14-,15+/m1/s1. The van der Waals surface area contributed by atoms with Crippen LogP contribution in [0, 0.1) is 24.7 Å². The number of rotatable bonds is 3. The van der Waals surface area contributed by atoms with Gasteiger partial charge in [-0.3, -0.25) is 4.79 Å². The number of aryl methyl sites for hydroxylation is 1. The summed E-state index contributed by atoms with van der Waals surface area (Å²) >= 11 is 0. The molecule has 4 rings (SSSR count). The minimum absolute atomic E-state index is 0.0237. The normalized spacial score (nSPS) is 22.4. The van der Waals surface area contributed by atoms with Crippen LogP contribution in [0.1, 0.15) is 24.7 Å². The molecule has 1 N–H and O–H groups in total. The predicted octanol–water partition coefficient (Wildman–Crippen LogP) is 0.336. The van der Waals surface area contributed by atoms with Gasteiger partial charge in [0.2, 0.25) is 0 Å². The summed E-state index contributed by atoms with van der Waals surface area (Å²) in [5, 5.41) is 11.0. The molecule has 2 fully saturated rings. The molecule has 2 aliphatic rings. The van der Waals surface area contributed by atoms with Crippen LogP contribution in [-0.4, -0.2) is 50.0 Å². The first-order valence-corrected chi connectivity index (χ1v) is 8.41. The van der Waals surface area contributed by atoms with Crippen molar-refractivity contribution in [1.82, 2.24) is 30.3 Å². The molecule has 0 aromatic carbocycles. The van der Waals surface area contributed by atoms with Crippen molar-refractivity contribution < 1.29 is 4.79 Å². The summed E-state index contributed by atoms with van der Waals surface area (Å²) < 4.78 is 1.79. The maximum atomic E-state index is 12.2. The van der Waals surface area contributed by atoms with Gasteiger partial charge in [0.15, 0.2) is 0 Å².